The molecule has 0 aliphatic carbocycles. The number of furan rings is 1. The molecule has 0 saturated carbocycles. The van der Waals surface area contributed by atoms with E-state index in [4.69, 9.17) is 25.8 Å². The van der Waals surface area contributed by atoms with Crippen molar-refractivity contribution in [2.75, 3.05) is 7.05 Å². The van der Waals surface area contributed by atoms with Crippen LogP contribution in [-0.2, 0) is 0 Å². The van der Waals surface area contributed by atoms with E-state index in [0.717, 1.165) is 39.2 Å². The summed E-state index contributed by atoms with van der Waals surface area (Å²) in [6.45, 7) is 0. The van der Waals surface area contributed by atoms with Crippen molar-refractivity contribution < 1.29 is 9.25 Å². The Balaban J connectivity index is 1.72. The van der Waals surface area contributed by atoms with Crippen molar-refractivity contribution in [2.45, 2.75) is 6.04 Å². The Hall–Kier alpha value is -3.08. The van der Waals surface area contributed by atoms with Crippen LogP contribution in [0.3, 0.4) is 0 Å². The van der Waals surface area contributed by atoms with Gasteiger partial charge in [-0.2, -0.15) is 0 Å². The van der Waals surface area contributed by atoms with E-state index in [9.17, 15) is 0 Å². The Labute approximate surface area is 167 Å². The van der Waals surface area contributed by atoms with Crippen LogP contribution in [0.15, 0.2) is 77.4 Å². The lowest BCUT2D eigenvalue weighted by Gasteiger charge is -2.15. The molecule has 4 aromatic rings. The molecule has 0 radical (unpaired) electrons. The quantitative estimate of drug-likeness (QED) is 0.422. The molecule has 0 spiro atoms. The summed E-state index contributed by atoms with van der Waals surface area (Å²) in [6, 6.07) is 19.5. The summed E-state index contributed by atoms with van der Waals surface area (Å²) in [5.41, 5.74) is 3.83. The number of hydrogen-bond acceptors (Lipinski definition) is 4. The Kier molecular flexibility index (Phi) is 4.15. The molecule has 1 atom stereocenters. The first-order valence-corrected chi connectivity index (χ1v) is 9.39. The lowest BCUT2D eigenvalue weighted by atomic mass is 9.96. The molecule has 1 unspecified atom stereocenters. The van der Waals surface area contributed by atoms with Gasteiger partial charge in [-0.05, 0) is 42.5 Å². The lowest BCUT2D eigenvalue weighted by molar-refractivity contribution is -0.0278. The standard InChI is InChI=1S/C23H17ClN2O2/c1-26-20(13-12-17-5-4-14-27-17)21-22(15-8-10-16(24)11-9-15)25-19-7-3-2-6-18(19)23(21)28-26/h2-14,20H,1H3/b13-12+. The van der Waals surface area contributed by atoms with Gasteiger partial charge in [-0.25, -0.2) is 4.98 Å². The van der Waals surface area contributed by atoms with Gasteiger partial charge in [0, 0.05) is 28.6 Å². The molecule has 4 nitrogen and oxygen atoms in total. The van der Waals surface area contributed by atoms with Crippen LogP contribution in [0.1, 0.15) is 17.4 Å². The summed E-state index contributed by atoms with van der Waals surface area (Å²) in [5.74, 6) is 1.63. The fraction of sp³-hybridized carbons (Fsp3) is 0.0870. The highest BCUT2D eigenvalue weighted by Gasteiger charge is 2.34. The number of rotatable bonds is 3. The van der Waals surface area contributed by atoms with Crippen LogP contribution in [-0.4, -0.2) is 17.1 Å². The largest absolute Gasteiger partial charge is 0.465 e. The predicted molar refractivity (Wildman–Crippen MR) is 111 cm³/mol. The molecule has 0 fully saturated rings. The van der Waals surface area contributed by atoms with E-state index in [2.05, 4.69) is 6.08 Å². The number of nitrogens with zero attached hydrogens (tertiary/aromatic N) is 2. The average Bonchev–Trinajstić information content (AvgIpc) is 3.34. The van der Waals surface area contributed by atoms with E-state index < -0.39 is 0 Å². The van der Waals surface area contributed by atoms with Gasteiger partial charge in [-0.3, -0.25) is 0 Å². The Morgan fingerprint density at radius 3 is 2.64 bits per heavy atom. The number of hydrogen-bond donors (Lipinski definition) is 0. The van der Waals surface area contributed by atoms with E-state index >= 15 is 0 Å². The van der Waals surface area contributed by atoms with Gasteiger partial charge in [0.2, 0.25) is 0 Å². The van der Waals surface area contributed by atoms with E-state index in [0.29, 0.717) is 5.02 Å². The maximum Gasteiger partial charge on any atom is 0.164 e. The normalized spacial score (nSPS) is 16.6. The fourth-order valence-electron chi connectivity index (χ4n) is 3.57. The predicted octanol–water partition coefficient (Wildman–Crippen LogP) is 6.14. The van der Waals surface area contributed by atoms with Crippen molar-refractivity contribution in [1.29, 1.82) is 0 Å². The van der Waals surface area contributed by atoms with Crippen LogP contribution in [0, 0.1) is 0 Å². The van der Waals surface area contributed by atoms with E-state index in [1.165, 1.54) is 0 Å². The van der Waals surface area contributed by atoms with Gasteiger partial charge in [0.05, 0.1) is 23.5 Å². The highest BCUT2D eigenvalue weighted by atomic mass is 35.5. The molecule has 1 aliphatic rings. The van der Waals surface area contributed by atoms with Crippen LogP contribution < -0.4 is 4.84 Å². The maximum absolute atomic E-state index is 6.17. The molecule has 5 rings (SSSR count). The first-order chi connectivity index (χ1) is 13.7. The maximum atomic E-state index is 6.17. The van der Waals surface area contributed by atoms with Gasteiger partial charge in [-0.15, -0.1) is 5.06 Å². The number of pyridine rings is 1. The monoisotopic (exact) mass is 388 g/mol. The molecule has 0 amide bonds. The molecule has 0 N–H and O–H groups in total. The molecule has 2 aromatic heterocycles. The van der Waals surface area contributed by atoms with Crippen molar-refractivity contribution >= 4 is 28.6 Å². The van der Waals surface area contributed by atoms with Crippen LogP contribution in [0.4, 0.5) is 0 Å². The number of aromatic nitrogens is 1. The van der Waals surface area contributed by atoms with Crippen molar-refractivity contribution in [3.05, 3.63) is 89.3 Å². The van der Waals surface area contributed by atoms with Gasteiger partial charge in [0.25, 0.3) is 0 Å². The van der Waals surface area contributed by atoms with Crippen LogP contribution in [0.25, 0.3) is 28.2 Å². The van der Waals surface area contributed by atoms with E-state index in [1.807, 2.05) is 78.9 Å². The smallest absolute Gasteiger partial charge is 0.164 e. The van der Waals surface area contributed by atoms with Crippen molar-refractivity contribution in [2.24, 2.45) is 0 Å². The number of hydroxylamine groups is 2. The third kappa shape index (κ3) is 2.87. The SMILES string of the molecule is CN1Oc2c(c(-c3ccc(Cl)cc3)nc3ccccc23)C1/C=C/c1ccco1. The lowest BCUT2D eigenvalue weighted by Crippen LogP contribution is -2.19. The molecule has 28 heavy (non-hydrogen) atoms. The molecule has 3 heterocycles. The minimum atomic E-state index is -0.0946. The van der Waals surface area contributed by atoms with Crippen LogP contribution in [0.2, 0.25) is 5.02 Å². The Morgan fingerprint density at radius 2 is 1.86 bits per heavy atom. The summed E-state index contributed by atoms with van der Waals surface area (Å²) in [4.78, 5) is 11.1. The number of likely N-dealkylation sites (N-methyl/N-ethyl adjacent to an activating group) is 1. The molecular formula is C23H17ClN2O2. The minimum Gasteiger partial charge on any atom is -0.465 e. The van der Waals surface area contributed by atoms with E-state index in [1.54, 1.807) is 6.26 Å². The number of benzene rings is 2. The van der Waals surface area contributed by atoms with Gasteiger partial charge >= 0.3 is 0 Å². The van der Waals surface area contributed by atoms with Gasteiger partial charge in [0.1, 0.15) is 5.76 Å². The Bertz CT molecular complexity index is 1170. The van der Waals surface area contributed by atoms with Gasteiger partial charge < -0.3 is 9.25 Å². The Morgan fingerprint density at radius 1 is 1.04 bits per heavy atom. The highest BCUT2D eigenvalue weighted by molar-refractivity contribution is 6.30. The fourth-order valence-corrected chi connectivity index (χ4v) is 3.70. The van der Waals surface area contributed by atoms with Gasteiger partial charge in [0.15, 0.2) is 5.75 Å². The summed E-state index contributed by atoms with van der Waals surface area (Å²) in [6.07, 6.45) is 5.69. The van der Waals surface area contributed by atoms with Crippen molar-refractivity contribution in [3.8, 4) is 17.0 Å². The minimum absolute atomic E-state index is 0.0946. The molecule has 1 aliphatic heterocycles. The van der Waals surface area contributed by atoms with Crippen LogP contribution in [0.5, 0.6) is 5.75 Å². The zero-order chi connectivity index (χ0) is 19.1. The molecule has 0 bridgehead atoms. The number of fused-ring (bicyclic) bond motifs is 3. The third-order valence-corrected chi connectivity index (χ3v) is 5.16. The summed E-state index contributed by atoms with van der Waals surface area (Å²) in [7, 11) is 1.93. The highest BCUT2D eigenvalue weighted by Crippen LogP contribution is 2.46. The zero-order valence-corrected chi connectivity index (χ0v) is 15.9. The van der Waals surface area contributed by atoms with E-state index in [-0.39, 0.29) is 6.04 Å². The third-order valence-electron chi connectivity index (χ3n) is 4.91. The van der Waals surface area contributed by atoms with Crippen molar-refractivity contribution in [3.63, 3.8) is 0 Å². The van der Waals surface area contributed by atoms with Crippen molar-refractivity contribution in [1.82, 2.24) is 10.0 Å². The zero-order valence-electron chi connectivity index (χ0n) is 15.2. The summed E-state index contributed by atoms with van der Waals surface area (Å²) >= 11 is 6.10. The molecule has 138 valence electrons. The topological polar surface area (TPSA) is 38.5 Å². The summed E-state index contributed by atoms with van der Waals surface area (Å²) < 4.78 is 5.44. The second-order valence-corrected chi connectivity index (χ2v) is 7.12. The average molecular weight is 389 g/mol. The molecule has 5 heteroatoms. The molecule has 2 aromatic carbocycles. The number of para-hydroxylation sites is 1. The van der Waals surface area contributed by atoms with Gasteiger partial charge in [-0.1, -0.05) is 41.9 Å². The second kappa shape index (κ2) is 6.82. The first-order valence-electron chi connectivity index (χ1n) is 9.02. The first kappa shape index (κ1) is 17.0. The summed E-state index contributed by atoms with van der Waals surface area (Å²) in [5, 5.41) is 3.54. The molecular weight excluding hydrogens is 372 g/mol. The second-order valence-electron chi connectivity index (χ2n) is 6.68. The number of halogens is 1. The molecule has 0 saturated heterocycles. The van der Waals surface area contributed by atoms with Crippen LogP contribution >= 0.6 is 11.6 Å².